The third-order valence-corrected chi connectivity index (χ3v) is 2.67. The van der Waals surface area contributed by atoms with Crippen molar-refractivity contribution >= 4 is 28.7 Å². The van der Waals surface area contributed by atoms with Crippen molar-refractivity contribution in [3.63, 3.8) is 0 Å². The van der Waals surface area contributed by atoms with Gasteiger partial charge in [0.1, 0.15) is 11.3 Å². The van der Waals surface area contributed by atoms with Gasteiger partial charge in [-0.2, -0.15) is 0 Å². The Hall–Kier alpha value is -2.89. The Morgan fingerprint density at radius 1 is 0.950 bits per heavy atom. The summed E-state index contributed by atoms with van der Waals surface area (Å²) < 4.78 is 4.86. The maximum Gasteiger partial charge on any atom is 0.339 e. The summed E-state index contributed by atoms with van der Waals surface area (Å²) in [4.78, 5) is 33.0. The maximum absolute atomic E-state index is 11.2. The molecule has 0 heterocycles. The van der Waals surface area contributed by atoms with Gasteiger partial charge in [0.2, 0.25) is 0 Å². The molecule has 0 radical (unpaired) electrons. The van der Waals surface area contributed by atoms with E-state index in [-0.39, 0.29) is 16.9 Å². The van der Waals surface area contributed by atoms with Gasteiger partial charge in [-0.3, -0.25) is 4.79 Å². The molecule has 0 unspecified atom stereocenters. The van der Waals surface area contributed by atoms with Crippen molar-refractivity contribution in [2.45, 2.75) is 6.92 Å². The number of carboxylic acids is 2. The summed E-state index contributed by atoms with van der Waals surface area (Å²) >= 11 is 0. The first kappa shape index (κ1) is 13.5. The third-order valence-electron chi connectivity index (χ3n) is 2.67. The van der Waals surface area contributed by atoms with E-state index in [0.717, 1.165) is 0 Å². The number of hydrogen-bond donors (Lipinski definition) is 2. The number of carbonyl (C=O) groups is 3. The molecule has 0 bridgehead atoms. The fourth-order valence-corrected chi connectivity index (χ4v) is 1.82. The minimum atomic E-state index is -1.26. The number of rotatable bonds is 3. The summed E-state index contributed by atoms with van der Waals surface area (Å²) in [5.41, 5.74) is -0.149. The van der Waals surface area contributed by atoms with Gasteiger partial charge in [-0.25, -0.2) is 9.59 Å². The van der Waals surface area contributed by atoms with Gasteiger partial charge in [0.05, 0.1) is 5.56 Å². The summed E-state index contributed by atoms with van der Waals surface area (Å²) in [5, 5.41) is 19.0. The highest BCUT2D eigenvalue weighted by Gasteiger charge is 2.15. The largest absolute Gasteiger partial charge is 0.478 e. The lowest BCUT2D eigenvalue weighted by Gasteiger charge is -2.08. The maximum atomic E-state index is 11.2. The van der Waals surface area contributed by atoms with Crippen LogP contribution in [0.4, 0.5) is 0 Å². The molecule has 0 atom stereocenters. The molecule has 20 heavy (non-hydrogen) atoms. The van der Waals surface area contributed by atoms with Crippen LogP contribution in [0.1, 0.15) is 27.6 Å². The Balaban J connectivity index is 2.67. The molecule has 0 aliphatic carbocycles. The smallest absolute Gasteiger partial charge is 0.339 e. The molecule has 0 spiro atoms. The van der Waals surface area contributed by atoms with Crippen molar-refractivity contribution in [3.05, 3.63) is 41.5 Å². The van der Waals surface area contributed by atoms with Gasteiger partial charge in [-0.1, -0.05) is 6.07 Å². The van der Waals surface area contributed by atoms with Gasteiger partial charge in [-0.05, 0) is 35.0 Å². The lowest BCUT2D eigenvalue weighted by Crippen LogP contribution is -2.07. The summed E-state index contributed by atoms with van der Waals surface area (Å²) in [5.74, 6) is -3.06. The van der Waals surface area contributed by atoms with E-state index in [1.54, 1.807) is 0 Å². The first-order valence-corrected chi connectivity index (χ1v) is 5.61. The van der Waals surface area contributed by atoms with Crippen molar-refractivity contribution in [2.75, 3.05) is 0 Å². The van der Waals surface area contributed by atoms with Crippen LogP contribution < -0.4 is 4.74 Å². The van der Waals surface area contributed by atoms with E-state index in [1.165, 1.54) is 37.3 Å². The molecule has 0 fully saturated rings. The van der Waals surface area contributed by atoms with Crippen LogP contribution in [0.5, 0.6) is 5.75 Å². The molecule has 2 rings (SSSR count). The Morgan fingerprint density at radius 2 is 1.65 bits per heavy atom. The number of carboxylic acid groups (broad SMARTS) is 2. The van der Waals surface area contributed by atoms with Crippen molar-refractivity contribution in [3.8, 4) is 5.75 Å². The number of aromatic carboxylic acids is 2. The molecule has 0 aliphatic heterocycles. The van der Waals surface area contributed by atoms with Crippen molar-refractivity contribution in [1.82, 2.24) is 0 Å². The number of hydrogen-bond acceptors (Lipinski definition) is 4. The number of benzene rings is 2. The first-order chi connectivity index (χ1) is 9.38. The van der Waals surface area contributed by atoms with Gasteiger partial charge in [0.25, 0.3) is 0 Å². The third kappa shape index (κ3) is 2.59. The first-order valence-electron chi connectivity index (χ1n) is 5.61. The molecular weight excluding hydrogens is 264 g/mol. The highest BCUT2D eigenvalue weighted by molar-refractivity contribution is 6.00. The van der Waals surface area contributed by atoms with Crippen molar-refractivity contribution in [1.29, 1.82) is 0 Å². The molecule has 2 aromatic carbocycles. The second-order valence-corrected chi connectivity index (χ2v) is 4.11. The Morgan fingerprint density at radius 3 is 2.20 bits per heavy atom. The Kier molecular flexibility index (Phi) is 3.39. The molecule has 0 saturated heterocycles. The van der Waals surface area contributed by atoms with Gasteiger partial charge in [0, 0.05) is 6.92 Å². The zero-order valence-electron chi connectivity index (χ0n) is 10.4. The van der Waals surface area contributed by atoms with Crippen LogP contribution in [0.3, 0.4) is 0 Å². The zero-order valence-corrected chi connectivity index (χ0v) is 10.4. The summed E-state index contributed by atoms with van der Waals surface area (Å²) in [7, 11) is 0. The van der Waals surface area contributed by atoms with Crippen molar-refractivity contribution in [2.24, 2.45) is 0 Å². The lowest BCUT2D eigenvalue weighted by atomic mass is 10.0. The predicted octanol–water partition coefficient (Wildman–Crippen LogP) is 2.16. The molecule has 6 heteroatoms. The molecule has 0 amide bonds. The standard InChI is InChI=1S/C14H10O6/c1-7(15)20-12-6-8-2-3-9(13(16)17)4-10(8)5-11(12)14(18)19/h2-6H,1H3,(H,16,17)(H,18,19). The van der Waals surface area contributed by atoms with E-state index >= 15 is 0 Å². The van der Waals surface area contributed by atoms with Gasteiger partial charge in [-0.15, -0.1) is 0 Å². The van der Waals surface area contributed by atoms with E-state index < -0.39 is 17.9 Å². The summed E-state index contributed by atoms with van der Waals surface area (Å²) in [6, 6.07) is 6.95. The van der Waals surface area contributed by atoms with Gasteiger partial charge in [0.15, 0.2) is 0 Å². The molecule has 0 saturated carbocycles. The van der Waals surface area contributed by atoms with Gasteiger partial charge >= 0.3 is 17.9 Å². The van der Waals surface area contributed by atoms with Crippen LogP contribution in [-0.4, -0.2) is 28.1 Å². The van der Waals surface area contributed by atoms with Crippen LogP contribution >= 0.6 is 0 Å². The second kappa shape index (κ2) is 5.00. The van der Waals surface area contributed by atoms with E-state index in [1.807, 2.05) is 0 Å². The van der Waals surface area contributed by atoms with Crippen LogP contribution in [0, 0.1) is 0 Å². The predicted molar refractivity (Wildman–Crippen MR) is 69.2 cm³/mol. The molecule has 6 nitrogen and oxygen atoms in total. The van der Waals surface area contributed by atoms with E-state index in [0.29, 0.717) is 10.8 Å². The van der Waals surface area contributed by atoms with Crippen LogP contribution in [-0.2, 0) is 4.79 Å². The van der Waals surface area contributed by atoms with Crippen LogP contribution in [0.15, 0.2) is 30.3 Å². The van der Waals surface area contributed by atoms with Crippen LogP contribution in [0.2, 0.25) is 0 Å². The molecule has 0 aliphatic rings. The fourth-order valence-electron chi connectivity index (χ4n) is 1.82. The summed E-state index contributed by atoms with van der Waals surface area (Å²) in [6.07, 6.45) is 0. The monoisotopic (exact) mass is 274 g/mol. The SMILES string of the molecule is CC(=O)Oc1cc2ccc(C(=O)O)cc2cc1C(=O)O. The van der Waals surface area contributed by atoms with Gasteiger partial charge < -0.3 is 14.9 Å². The van der Waals surface area contributed by atoms with Crippen molar-refractivity contribution < 1.29 is 29.3 Å². The molecule has 102 valence electrons. The quantitative estimate of drug-likeness (QED) is 0.657. The fraction of sp³-hybridized carbons (Fsp3) is 0.0714. The van der Waals surface area contributed by atoms with E-state index in [2.05, 4.69) is 0 Å². The molecule has 2 aromatic rings. The lowest BCUT2D eigenvalue weighted by molar-refractivity contribution is -0.131. The number of ether oxygens (including phenoxy) is 1. The highest BCUT2D eigenvalue weighted by Crippen LogP contribution is 2.27. The average molecular weight is 274 g/mol. The van der Waals surface area contributed by atoms with Crippen LogP contribution in [0.25, 0.3) is 10.8 Å². The summed E-state index contributed by atoms with van der Waals surface area (Å²) in [6.45, 7) is 1.17. The Labute approximate surface area is 113 Å². The molecular formula is C14H10O6. The second-order valence-electron chi connectivity index (χ2n) is 4.11. The Bertz CT molecular complexity index is 732. The topological polar surface area (TPSA) is 101 Å². The number of esters is 1. The minimum Gasteiger partial charge on any atom is -0.478 e. The normalized spacial score (nSPS) is 10.2. The molecule has 0 aromatic heterocycles. The average Bonchev–Trinajstić information content (AvgIpc) is 2.36. The number of fused-ring (bicyclic) bond motifs is 1. The molecule has 2 N–H and O–H groups in total. The minimum absolute atomic E-state index is 0.0501. The van der Waals surface area contributed by atoms with E-state index in [9.17, 15) is 14.4 Å². The zero-order chi connectivity index (χ0) is 14.9. The number of carbonyl (C=O) groups excluding carboxylic acids is 1. The van der Waals surface area contributed by atoms with E-state index in [4.69, 9.17) is 14.9 Å². The highest BCUT2D eigenvalue weighted by atomic mass is 16.5.